The Hall–Kier alpha value is -2.73. The number of fused-ring (bicyclic) bond motifs is 1. The predicted octanol–water partition coefficient (Wildman–Crippen LogP) is 2.40. The molecule has 1 atom stereocenters. The first-order valence-corrected chi connectivity index (χ1v) is 13.3. The molecule has 0 radical (unpaired) electrons. The van der Waals surface area contributed by atoms with Crippen molar-refractivity contribution in [3.63, 3.8) is 0 Å². The van der Waals surface area contributed by atoms with Crippen molar-refractivity contribution in [3.05, 3.63) is 52.8 Å². The van der Waals surface area contributed by atoms with Gasteiger partial charge in [-0.05, 0) is 36.9 Å². The summed E-state index contributed by atoms with van der Waals surface area (Å²) in [7, 11) is -1.77. The van der Waals surface area contributed by atoms with Gasteiger partial charge in [-0.25, -0.2) is 12.8 Å². The zero-order valence-electron chi connectivity index (χ0n) is 19.2. The number of hydrogen-bond acceptors (Lipinski definition) is 9. The lowest BCUT2D eigenvalue weighted by Gasteiger charge is -2.30. The van der Waals surface area contributed by atoms with Crippen molar-refractivity contribution in [1.29, 1.82) is 0 Å². The van der Waals surface area contributed by atoms with Gasteiger partial charge in [-0.15, -0.1) is 5.10 Å². The maximum atomic E-state index is 15.3. The molecule has 2 aliphatic heterocycles. The van der Waals surface area contributed by atoms with E-state index in [4.69, 9.17) is 21.8 Å². The fourth-order valence-corrected chi connectivity index (χ4v) is 6.18. The van der Waals surface area contributed by atoms with Crippen LogP contribution < -0.4 is 15.5 Å². The molecule has 186 valence electrons. The van der Waals surface area contributed by atoms with Crippen LogP contribution in [0.1, 0.15) is 5.56 Å². The van der Waals surface area contributed by atoms with Crippen LogP contribution in [0.5, 0.6) is 0 Å². The number of rotatable bonds is 4. The van der Waals surface area contributed by atoms with Gasteiger partial charge in [-0.2, -0.15) is 0 Å². The van der Waals surface area contributed by atoms with Crippen molar-refractivity contribution in [1.82, 2.24) is 15.1 Å². The number of likely N-dealkylation sites (N-methyl/N-ethyl adjacent to an activating group) is 1. The van der Waals surface area contributed by atoms with Gasteiger partial charge in [0.2, 0.25) is 0 Å². The third-order valence-electron chi connectivity index (χ3n) is 6.32. The fraction of sp³-hybridized carbons (Fsp3) is 0.391. The van der Waals surface area contributed by atoms with Gasteiger partial charge in [0, 0.05) is 50.3 Å². The van der Waals surface area contributed by atoms with Crippen molar-refractivity contribution in [2.24, 2.45) is 5.73 Å². The summed E-state index contributed by atoms with van der Waals surface area (Å²) in [5, 5.41) is 8.77. The Morgan fingerprint density at radius 3 is 2.57 bits per heavy atom. The Morgan fingerprint density at radius 1 is 1.14 bits per heavy atom. The number of benzene rings is 2. The van der Waals surface area contributed by atoms with E-state index in [2.05, 4.69) is 15.1 Å². The minimum Gasteiger partial charge on any atom is -0.403 e. The lowest BCUT2D eigenvalue weighted by molar-refractivity contribution is 0.305. The summed E-state index contributed by atoms with van der Waals surface area (Å²) in [5.74, 6) is -1.02. The molecule has 0 bridgehead atoms. The molecule has 3 aromatic rings. The molecule has 0 amide bonds. The highest BCUT2D eigenvalue weighted by Crippen LogP contribution is 2.37. The first-order valence-electron chi connectivity index (χ1n) is 11.3. The Bertz CT molecular complexity index is 1330. The molecule has 2 N–H and O–H groups in total. The van der Waals surface area contributed by atoms with Crippen molar-refractivity contribution >= 4 is 33.1 Å². The van der Waals surface area contributed by atoms with Gasteiger partial charge in [0.15, 0.2) is 9.84 Å². The van der Waals surface area contributed by atoms with Crippen LogP contribution in [0.2, 0.25) is 5.02 Å². The van der Waals surface area contributed by atoms with E-state index in [1.807, 2.05) is 29.0 Å². The highest BCUT2D eigenvalue weighted by Gasteiger charge is 2.33. The van der Waals surface area contributed by atoms with Gasteiger partial charge in [-0.1, -0.05) is 28.8 Å². The van der Waals surface area contributed by atoms with Crippen LogP contribution in [0.25, 0.3) is 11.5 Å². The van der Waals surface area contributed by atoms with Gasteiger partial charge in [0.1, 0.15) is 5.82 Å². The van der Waals surface area contributed by atoms with Crippen molar-refractivity contribution in [3.8, 4) is 11.5 Å². The monoisotopic (exact) mass is 520 g/mol. The molecule has 0 spiro atoms. The van der Waals surface area contributed by atoms with Crippen LogP contribution in [0.15, 0.2) is 45.7 Å². The normalized spacial score (nSPS) is 20.5. The van der Waals surface area contributed by atoms with Crippen LogP contribution in [-0.2, 0) is 16.4 Å². The highest BCUT2D eigenvalue weighted by molar-refractivity contribution is 7.91. The minimum absolute atomic E-state index is 0.00313. The summed E-state index contributed by atoms with van der Waals surface area (Å²) >= 11 is 6.01. The highest BCUT2D eigenvalue weighted by atomic mass is 35.5. The first-order chi connectivity index (χ1) is 16.7. The number of hydrogen-bond donors (Lipinski definition) is 1. The summed E-state index contributed by atoms with van der Waals surface area (Å²) in [6.07, 6.45) is 0. The fourth-order valence-electron chi connectivity index (χ4n) is 4.42. The molecular formula is C23H26ClFN6O3S. The summed E-state index contributed by atoms with van der Waals surface area (Å²) in [4.78, 5) is 5.89. The molecule has 1 aromatic heterocycles. The summed E-state index contributed by atoms with van der Waals surface area (Å²) < 4.78 is 47.1. The van der Waals surface area contributed by atoms with Gasteiger partial charge >= 0.3 is 6.01 Å². The van der Waals surface area contributed by atoms with Crippen molar-refractivity contribution in [2.45, 2.75) is 17.5 Å². The zero-order valence-corrected chi connectivity index (χ0v) is 20.8. The third kappa shape index (κ3) is 4.99. The Labute approximate surface area is 208 Å². The lowest BCUT2D eigenvalue weighted by atomic mass is 10.1. The number of halogens is 2. The Kier molecular flexibility index (Phi) is 6.43. The van der Waals surface area contributed by atoms with E-state index < -0.39 is 21.7 Å². The quantitative estimate of drug-likeness (QED) is 0.554. The molecule has 35 heavy (non-hydrogen) atoms. The van der Waals surface area contributed by atoms with Crippen LogP contribution in [-0.4, -0.2) is 75.1 Å². The van der Waals surface area contributed by atoms with Gasteiger partial charge < -0.3 is 24.9 Å². The maximum absolute atomic E-state index is 15.3. The molecule has 1 saturated heterocycles. The predicted molar refractivity (Wildman–Crippen MR) is 132 cm³/mol. The second kappa shape index (κ2) is 9.38. The molecule has 0 unspecified atom stereocenters. The van der Waals surface area contributed by atoms with E-state index in [0.717, 1.165) is 37.8 Å². The molecule has 2 aromatic carbocycles. The number of nitrogens with two attached hydrogens (primary N) is 1. The molecule has 0 aliphatic carbocycles. The second-order valence-corrected chi connectivity index (χ2v) is 11.5. The van der Waals surface area contributed by atoms with Gasteiger partial charge in [-0.3, -0.25) is 0 Å². The summed E-state index contributed by atoms with van der Waals surface area (Å²) in [5.41, 5.74) is 7.46. The molecule has 1 fully saturated rings. The molecule has 3 heterocycles. The van der Waals surface area contributed by atoms with Crippen LogP contribution in [0.4, 0.5) is 16.1 Å². The molecule has 12 heteroatoms. The Balaban J connectivity index is 1.54. The molecule has 9 nitrogen and oxygen atoms in total. The standard InChI is InChI=1S/C23H26ClFN6O3S/c1-29-6-8-30(9-7-29)23-28-27-22(34-23)18-10-20-21(11-19(18)25)35(32,33)14-17(26)13-31(20)12-15-2-4-16(24)5-3-15/h2-5,10-11,17H,6-9,12-14,26H2,1H3/t17-/m1/s1. The average Bonchev–Trinajstić information content (AvgIpc) is 3.27. The Morgan fingerprint density at radius 2 is 1.86 bits per heavy atom. The van der Waals surface area contributed by atoms with Gasteiger partial charge in [0.05, 0.1) is 21.9 Å². The molecule has 5 rings (SSSR count). The number of piperazine rings is 1. The van der Waals surface area contributed by atoms with E-state index in [1.165, 1.54) is 6.07 Å². The van der Waals surface area contributed by atoms with E-state index in [-0.39, 0.29) is 28.6 Å². The van der Waals surface area contributed by atoms with E-state index in [0.29, 0.717) is 23.3 Å². The zero-order chi connectivity index (χ0) is 24.7. The van der Waals surface area contributed by atoms with Crippen LogP contribution in [0.3, 0.4) is 0 Å². The minimum atomic E-state index is -3.81. The number of anilines is 2. The van der Waals surface area contributed by atoms with E-state index in [9.17, 15) is 8.42 Å². The van der Waals surface area contributed by atoms with Crippen LogP contribution in [0, 0.1) is 5.82 Å². The van der Waals surface area contributed by atoms with Crippen LogP contribution >= 0.6 is 11.6 Å². The average molecular weight is 521 g/mol. The van der Waals surface area contributed by atoms with Crippen molar-refractivity contribution < 1.29 is 17.2 Å². The topological polar surface area (TPSA) is 109 Å². The van der Waals surface area contributed by atoms with Gasteiger partial charge in [0.25, 0.3) is 5.89 Å². The maximum Gasteiger partial charge on any atom is 0.318 e. The number of nitrogens with zero attached hydrogens (tertiary/aromatic N) is 5. The summed E-state index contributed by atoms with van der Waals surface area (Å²) in [6, 6.07) is 9.43. The third-order valence-corrected chi connectivity index (χ3v) is 8.43. The lowest BCUT2D eigenvalue weighted by Crippen LogP contribution is -2.44. The first kappa shape index (κ1) is 24.0. The second-order valence-electron chi connectivity index (χ2n) is 9.03. The number of sulfone groups is 1. The summed E-state index contributed by atoms with van der Waals surface area (Å²) in [6.45, 7) is 3.78. The largest absolute Gasteiger partial charge is 0.403 e. The smallest absolute Gasteiger partial charge is 0.318 e. The molecular weight excluding hydrogens is 495 g/mol. The number of aromatic nitrogens is 2. The molecule has 2 aliphatic rings. The SMILES string of the molecule is CN1CCN(c2nnc(-c3cc4c(cc3F)S(=O)(=O)C[C@H](N)CN4Cc3ccc(Cl)cc3)o2)CC1. The van der Waals surface area contributed by atoms with Crippen molar-refractivity contribution in [2.75, 3.05) is 55.3 Å². The van der Waals surface area contributed by atoms with E-state index >= 15 is 4.39 Å². The molecule has 0 saturated carbocycles. The van der Waals surface area contributed by atoms with E-state index in [1.54, 1.807) is 12.1 Å².